The van der Waals surface area contributed by atoms with Gasteiger partial charge < -0.3 is 16.0 Å². The van der Waals surface area contributed by atoms with Crippen molar-refractivity contribution in [3.05, 3.63) is 0 Å². The minimum Gasteiger partial charge on any atom is -0.358 e. The van der Waals surface area contributed by atoms with Gasteiger partial charge in [-0.25, -0.2) is 0 Å². The predicted molar refractivity (Wildman–Crippen MR) is 64.0 cm³/mol. The molecule has 0 aliphatic carbocycles. The Balaban J connectivity index is 3.74. The Hall–Kier alpha value is -1.10. The van der Waals surface area contributed by atoms with E-state index in [0.717, 1.165) is 0 Å². The van der Waals surface area contributed by atoms with E-state index < -0.39 is 0 Å². The van der Waals surface area contributed by atoms with Gasteiger partial charge in [-0.05, 0) is 27.7 Å². The highest BCUT2D eigenvalue weighted by Gasteiger charge is 2.14. The Morgan fingerprint density at radius 2 is 1.81 bits per heavy atom. The molecule has 0 aromatic heterocycles. The summed E-state index contributed by atoms with van der Waals surface area (Å²) in [7, 11) is 1.59. The molecule has 0 radical (unpaired) electrons. The van der Waals surface area contributed by atoms with Crippen LogP contribution in [0.25, 0.3) is 0 Å². The second-order valence-corrected chi connectivity index (χ2v) is 4.84. The number of hydrogen-bond donors (Lipinski definition) is 3. The molecule has 2 amide bonds. The molecule has 1 unspecified atom stereocenters. The molecule has 0 saturated heterocycles. The van der Waals surface area contributed by atoms with E-state index in [4.69, 9.17) is 0 Å². The van der Waals surface area contributed by atoms with E-state index in [1.54, 1.807) is 14.0 Å². The zero-order chi connectivity index (χ0) is 12.8. The van der Waals surface area contributed by atoms with Gasteiger partial charge in [0.15, 0.2) is 0 Å². The molecular formula is C11H23N3O2. The number of carbonyl (C=O) groups is 2. The van der Waals surface area contributed by atoms with Crippen molar-refractivity contribution in [3.8, 4) is 0 Å². The lowest BCUT2D eigenvalue weighted by atomic mass is 10.1. The van der Waals surface area contributed by atoms with Crippen LogP contribution in [-0.4, -0.2) is 37.0 Å². The predicted octanol–water partition coefficient (Wildman–Crippen LogP) is 0.0153. The molecule has 0 aliphatic heterocycles. The minimum atomic E-state index is -0.271. The smallest absolute Gasteiger partial charge is 0.236 e. The number of carbonyl (C=O) groups excluding carboxylic acids is 2. The largest absolute Gasteiger partial charge is 0.358 e. The molecule has 16 heavy (non-hydrogen) atoms. The lowest BCUT2D eigenvalue weighted by molar-refractivity contribution is -0.124. The molecule has 94 valence electrons. The summed E-state index contributed by atoms with van der Waals surface area (Å²) in [5, 5.41) is 8.37. The third-order valence-corrected chi connectivity index (χ3v) is 1.96. The summed E-state index contributed by atoms with van der Waals surface area (Å²) >= 11 is 0. The van der Waals surface area contributed by atoms with Crippen LogP contribution in [0.2, 0.25) is 0 Å². The van der Waals surface area contributed by atoms with E-state index in [9.17, 15) is 9.59 Å². The highest BCUT2D eigenvalue weighted by molar-refractivity contribution is 5.81. The van der Waals surface area contributed by atoms with E-state index in [2.05, 4.69) is 16.0 Å². The average Bonchev–Trinajstić information content (AvgIpc) is 2.13. The van der Waals surface area contributed by atoms with Gasteiger partial charge in [0.05, 0.1) is 6.04 Å². The van der Waals surface area contributed by atoms with Crippen molar-refractivity contribution in [1.82, 2.24) is 16.0 Å². The third kappa shape index (κ3) is 7.23. The summed E-state index contributed by atoms with van der Waals surface area (Å²) in [4.78, 5) is 22.6. The maximum Gasteiger partial charge on any atom is 0.236 e. The van der Waals surface area contributed by atoms with Gasteiger partial charge in [-0.3, -0.25) is 9.59 Å². The van der Waals surface area contributed by atoms with Crippen LogP contribution in [-0.2, 0) is 9.59 Å². The first kappa shape index (κ1) is 14.9. The second-order valence-electron chi connectivity index (χ2n) is 4.84. The second kappa shape index (κ2) is 6.48. The zero-order valence-corrected chi connectivity index (χ0v) is 10.8. The summed E-state index contributed by atoms with van der Waals surface area (Å²) in [5.74, 6) is -0.0830. The lowest BCUT2D eigenvalue weighted by Crippen LogP contribution is -2.44. The lowest BCUT2D eigenvalue weighted by Gasteiger charge is -2.20. The fraction of sp³-hybridized carbons (Fsp3) is 0.818. The standard InChI is InChI=1S/C11H23N3O2/c1-8(10(16)12-5)13-7-6-9(15)14-11(2,3)4/h8,13H,6-7H2,1-5H3,(H,12,16)(H,14,15). The molecule has 0 heterocycles. The van der Waals surface area contributed by atoms with Crippen molar-refractivity contribution >= 4 is 11.8 Å². The molecule has 3 N–H and O–H groups in total. The van der Waals surface area contributed by atoms with E-state index in [1.165, 1.54) is 0 Å². The van der Waals surface area contributed by atoms with Crippen LogP contribution in [0.4, 0.5) is 0 Å². The van der Waals surface area contributed by atoms with Crippen LogP contribution in [0.1, 0.15) is 34.1 Å². The van der Waals surface area contributed by atoms with Gasteiger partial charge in [0, 0.05) is 25.6 Å². The van der Waals surface area contributed by atoms with Gasteiger partial charge in [-0.1, -0.05) is 0 Å². The maximum absolute atomic E-state index is 11.4. The molecule has 0 rings (SSSR count). The molecule has 5 nitrogen and oxygen atoms in total. The van der Waals surface area contributed by atoms with E-state index in [-0.39, 0.29) is 23.4 Å². The van der Waals surface area contributed by atoms with Crippen molar-refractivity contribution < 1.29 is 9.59 Å². The van der Waals surface area contributed by atoms with Crippen LogP contribution in [0, 0.1) is 0 Å². The number of amides is 2. The molecule has 0 bridgehead atoms. The molecule has 0 saturated carbocycles. The average molecular weight is 229 g/mol. The number of hydrogen-bond acceptors (Lipinski definition) is 3. The molecule has 0 aromatic carbocycles. The highest BCUT2D eigenvalue weighted by atomic mass is 16.2. The van der Waals surface area contributed by atoms with Crippen molar-refractivity contribution in [2.24, 2.45) is 0 Å². The Morgan fingerprint density at radius 3 is 2.25 bits per heavy atom. The maximum atomic E-state index is 11.4. The van der Waals surface area contributed by atoms with Gasteiger partial charge in [0.2, 0.25) is 11.8 Å². The summed E-state index contributed by atoms with van der Waals surface area (Å²) in [6.07, 6.45) is 0.374. The fourth-order valence-electron chi connectivity index (χ4n) is 1.19. The summed E-state index contributed by atoms with van der Waals surface area (Å²) in [6.45, 7) is 8.07. The summed E-state index contributed by atoms with van der Waals surface area (Å²) < 4.78 is 0. The van der Waals surface area contributed by atoms with Gasteiger partial charge in [-0.2, -0.15) is 0 Å². The Morgan fingerprint density at radius 1 is 1.25 bits per heavy atom. The van der Waals surface area contributed by atoms with E-state index in [0.29, 0.717) is 13.0 Å². The van der Waals surface area contributed by atoms with Crippen LogP contribution in [0.5, 0.6) is 0 Å². The molecular weight excluding hydrogens is 206 g/mol. The van der Waals surface area contributed by atoms with E-state index in [1.807, 2.05) is 20.8 Å². The molecule has 1 atom stereocenters. The minimum absolute atomic E-state index is 0.0101. The topological polar surface area (TPSA) is 70.2 Å². The molecule has 0 spiro atoms. The Labute approximate surface area is 97.4 Å². The molecule has 0 aromatic rings. The Bertz CT molecular complexity index is 246. The van der Waals surface area contributed by atoms with Gasteiger partial charge >= 0.3 is 0 Å². The fourth-order valence-corrected chi connectivity index (χ4v) is 1.19. The summed E-state index contributed by atoms with van der Waals surface area (Å²) in [6, 6.07) is -0.271. The van der Waals surface area contributed by atoms with Crippen molar-refractivity contribution in [2.45, 2.75) is 45.7 Å². The first-order valence-corrected chi connectivity index (χ1v) is 5.52. The monoisotopic (exact) mass is 229 g/mol. The van der Waals surface area contributed by atoms with Crippen molar-refractivity contribution in [3.63, 3.8) is 0 Å². The van der Waals surface area contributed by atoms with Crippen molar-refractivity contribution in [1.29, 1.82) is 0 Å². The molecule has 5 heteroatoms. The number of likely N-dealkylation sites (N-methyl/N-ethyl adjacent to an activating group) is 1. The van der Waals surface area contributed by atoms with Gasteiger partial charge in [0.25, 0.3) is 0 Å². The van der Waals surface area contributed by atoms with Gasteiger partial charge in [0.1, 0.15) is 0 Å². The third-order valence-electron chi connectivity index (χ3n) is 1.96. The quantitative estimate of drug-likeness (QED) is 0.622. The Kier molecular flexibility index (Phi) is 6.03. The van der Waals surface area contributed by atoms with Gasteiger partial charge in [-0.15, -0.1) is 0 Å². The number of nitrogens with one attached hydrogen (secondary N) is 3. The highest BCUT2D eigenvalue weighted by Crippen LogP contribution is 1.98. The van der Waals surface area contributed by atoms with Crippen LogP contribution in [0.15, 0.2) is 0 Å². The zero-order valence-electron chi connectivity index (χ0n) is 10.8. The molecule has 0 aliphatic rings. The van der Waals surface area contributed by atoms with Crippen LogP contribution in [0.3, 0.4) is 0 Å². The number of rotatable bonds is 5. The SMILES string of the molecule is CNC(=O)C(C)NCCC(=O)NC(C)(C)C. The van der Waals surface area contributed by atoms with E-state index >= 15 is 0 Å². The molecule has 0 fully saturated rings. The van der Waals surface area contributed by atoms with Crippen molar-refractivity contribution in [2.75, 3.05) is 13.6 Å². The normalized spacial score (nSPS) is 13.1. The first-order valence-electron chi connectivity index (χ1n) is 5.52. The first-order chi connectivity index (χ1) is 7.26. The summed E-state index contributed by atoms with van der Waals surface area (Å²) in [5.41, 5.74) is -0.205. The van der Waals surface area contributed by atoms with Crippen LogP contribution >= 0.6 is 0 Å². The van der Waals surface area contributed by atoms with Crippen LogP contribution < -0.4 is 16.0 Å².